The third-order valence-electron chi connectivity index (χ3n) is 3.45. The van der Waals surface area contributed by atoms with Gasteiger partial charge in [-0.2, -0.15) is 0 Å². The van der Waals surface area contributed by atoms with Gasteiger partial charge in [0.2, 0.25) is 0 Å². The second kappa shape index (κ2) is 7.25. The molecule has 3 nitrogen and oxygen atoms in total. The zero-order valence-corrected chi connectivity index (χ0v) is 10.5. The van der Waals surface area contributed by atoms with Gasteiger partial charge in [-0.1, -0.05) is 32.6 Å². The summed E-state index contributed by atoms with van der Waals surface area (Å²) in [7, 11) is 0. The number of hydrogen-bond donors (Lipinski definition) is 3. The number of aliphatic hydroxyl groups excluding tert-OH is 1. The molecule has 1 unspecified atom stereocenters. The van der Waals surface area contributed by atoms with E-state index in [4.69, 9.17) is 0 Å². The van der Waals surface area contributed by atoms with Crippen molar-refractivity contribution >= 4 is 0 Å². The molecule has 0 bridgehead atoms. The van der Waals surface area contributed by atoms with Crippen LogP contribution in [0.15, 0.2) is 0 Å². The lowest BCUT2D eigenvalue weighted by atomic mass is 9.91. The third-order valence-corrected chi connectivity index (χ3v) is 3.45. The van der Waals surface area contributed by atoms with Gasteiger partial charge in [-0.15, -0.1) is 0 Å². The Morgan fingerprint density at radius 1 is 1.12 bits per heavy atom. The number of rotatable bonds is 7. The Hall–Kier alpha value is -0.120. The van der Waals surface area contributed by atoms with Crippen molar-refractivity contribution in [1.29, 1.82) is 0 Å². The standard InChI is InChI=1S/C13H27NO2/c1-2-3-4-6-9-12(15)14-13(16)10-7-5-8-11-13/h12,14-16H,2-11H2,1H3. The van der Waals surface area contributed by atoms with Crippen LogP contribution in [0.3, 0.4) is 0 Å². The van der Waals surface area contributed by atoms with E-state index in [2.05, 4.69) is 12.2 Å². The molecule has 3 N–H and O–H groups in total. The summed E-state index contributed by atoms with van der Waals surface area (Å²) in [4.78, 5) is 0. The first-order chi connectivity index (χ1) is 7.66. The molecule has 0 aliphatic heterocycles. The van der Waals surface area contributed by atoms with Gasteiger partial charge in [0.1, 0.15) is 12.0 Å². The Bertz CT molecular complexity index is 179. The lowest BCUT2D eigenvalue weighted by Gasteiger charge is -2.35. The van der Waals surface area contributed by atoms with Gasteiger partial charge in [-0.3, -0.25) is 5.32 Å². The van der Waals surface area contributed by atoms with E-state index < -0.39 is 12.0 Å². The highest BCUT2D eigenvalue weighted by atomic mass is 16.3. The molecular formula is C13H27NO2. The van der Waals surface area contributed by atoms with Gasteiger partial charge in [-0.25, -0.2) is 0 Å². The second-order valence-corrected chi connectivity index (χ2v) is 5.10. The average Bonchev–Trinajstić information content (AvgIpc) is 2.25. The molecule has 0 aromatic carbocycles. The highest BCUT2D eigenvalue weighted by molar-refractivity contribution is 4.80. The molecule has 0 spiro atoms. The highest BCUT2D eigenvalue weighted by Crippen LogP contribution is 2.26. The first kappa shape index (κ1) is 13.9. The smallest absolute Gasteiger partial charge is 0.117 e. The van der Waals surface area contributed by atoms with Crippen LogP contribution in [0.25, 0.3) is 0 Å². The Balaban J connectivity index is 2.14. The van der Waals surface area contributed by atoms with Crippen molar-refractivity contribution in [1.82, 2.24) is 5.32 Å². The lowest BCUT2D eigenvalue weighted by molar-refractivity contribution is -0.0724. The topological polar surface area (TPSA) is 52.5 Å². The van der Waals surface area contributed by atoms with Crippen LogP contribution < -0.4 is 5.32 Å². The summed E-state index contributed by atoms with van der Waals surface area (Å²) >= 11 is 0. The van der Waals surface area contributed by atoms with Gasteiger partial charge in [0.15, 0.2) is 0 Å². The van der Waals surface area contributed by atoms with Crippen LogP contribution in [0, 0.1) is 0 Å². The second-order valence-electron chi connectivity index (χ2n) is 5.10. The molecule has 1 fully saturated rings. The molecule has 3 heteroatoms. The number of unbranched alkanes of at least 4 members (excludes halogenated alkanes) is 3. The summed E-state index contributed by atoms with van der Waals surface area (Å²) < 4.78 is 0. The maximum Gasteiger partial charge on any atom is 0.117 e. The molecule has 0 amide bonds. The summed E-state index contributed by atoms with van der Waals surface area (Å²) in [6.07, 6.45) is 9.76. The van der Waals surface area contributed by atoms with E-state index in [-0.39, 0.29) is 0 Å². The Kier molecular flexibility index (Phi) is 6.32. The van der Waals surface area contributed by atoms with Crippen molar-refractivity contribution < 1.29 is 10.2 Å². The molecule has 1 rings (SSSR count). The molecule has 0 aromatic rings. The van der Waals surface area contributed by atoms with E-state index in [0.29, 0.717) is 0 Å². The molecule has 1 saturated carbocycles. The zero-order valence-electron chi connectivity index (χ0n) is 10.5. The van der Waals surface area contributed by atoms with Crippen molar-refractivity contribution in [2.75, 3.05) is 0 Å². The van der Waals surface area contributed by atoms with Gasteiger partial charge >= 0.3 is 0 Å². The first-order valence-electron chi connectivity index (χ1n) is 6.84. The van der Waals surface area contributed by atoms with E-state index in [1.165, 1.54) is 25.7 Å². The summed E-state index contributed by atoms with van der Waals surface area (Å²) in [5, 5.41) is 23.0. The van der Waals surface area contributed by atoms with Gasteiger partial charge < -0.3 is 10.2 Å². The van der Waals surface area contributed by atoms with Crippen LogP contribution in [0.5, 0.6) is 0 Å². The fraction of sp³-hybridized carbons (Fsp3) is 1.00. The molecule has 16 heavy (non-hydrogen) atoms. The van der Waals surface area contributed by atoms with Crippen molar-refractivity contribution in [3.63, 3.8) is 0 Å². The predicted octanol–water partition coefficient (Wildman–Crippen LogP) is 2.52. The minimum absolute atomic E-state index is 0.542. The molecule has 1 atom stereocenters. The summed E-state index contributed by atoms with van der Waals surface area (Å²) in [6.45, 7) is 2.18. The van der Waals surface area contributed by atoms with Gasteiger partial charge in [-0.05, 0) is 38.5 Å². The van der Waals surface area contributed by atoms with Crippen LogP contribution in [-0.4, -0.2) is 22.2 Å². The van der Waals surface area contributed by atoms with Crippen LogP contribution >= 0.6 is 0 Å². The van der Waals surface area contributed by atoms with Crippen molar-refractivity contribution in [3.8, 4) is 0 Å². The fourth-order valence-corrected chi connectivity index (χ4v) is 2.43. The van der Waals surface area contributed by atoms with E-state index in [1.807, 2.05) is 0 Å². The van der Waals surface area contributed by atoms with Gasteiger partial charge in [0.25, 0.3) is 0 Å². The number of aliphatic hydroxyl groups is 2. The largest absolute Gasteiger partial charge is 0.379 e. The summed E-state index contributed by atoms with van der Waals surface area (Å²) in [5.74, 6) is 0. The normalized spacial score (nSPS) is 21.9. The van der Waals surface area contributed by atoms with Crippen LogP contribution in [0.1, 0.15) is 71.1 Å². The van der Waals surface area contributed by atoms with Crippen molar-refractivity contribution in [2.45, 2.75) is 83.1 Å². The molecule has 0 heterocycles. The first-order valence-corrected chi connectivity index (χ1v) is 6.84. The molecule has 1 aliphatic rings. The van der Waals surface area contributed by atoms with Crippen molar-refractivity contribution in [2.24, 2.45) is 0 Å². The summed E-state index contributed by atoms with van der Waals surface area (Å²) in [6, 6.07) is 0. The Morgan fingerprint density at radius 3 is 2.44 bits per heavy atom. The molecule has 0 aromatic heterocycles. The lowest BCUT2D eigenvalue weighted by Crippen LogP contribution is -2.51. The number of nitrogens with one attached hydrogen (secondary N) is 1. The van der Waals surface area contributed by atoms with Gasteiger partial charge in [0.05, 0.1) is 0 Å². The van der Waals surface area contributed by atoms with E-state index >= 15 is 0 Å². The average molecular weight is 229 g/mol. The molecule has 96 valence electrons. The Labute approximate surface area is 99.3 Å². The molecule has 1 aliphatic carbocycles. The third kappa shape index (κ3) is 5.28. The molecular weight excluding hydrogens is 202 g/mol. The van der Waals surface area contributed by atoms with E-state index in [1.54, 1.807) is 0 Å². The minimum atomic E-state index is -0.803. The monoisotopic (exact) mass is 229 g/mol. The number of hydrogen-bond acceptors (Lipinski definition) is 3. The predicted molar refractivity (Wildman–Crippen MR) is 65.9 cm³/mol. The molecule has 0 radical (unpaired) electrons. The van der Waals surface area contributed by atoms with Crippen molar-refractivity contribution in [3.05, 3.63) is 0 Å². The fourth-order valence-electron chi connectivity index (χ4n) is 2.43. The van der Waals surface area contributed by atoms with Crippen LogP contribution in [0.2, 0.25) is 0 Å². The van der Waals surface area contributed by atoms with Crippen LogP contribution in [0.4, 0.5) is 0 Å². The minimum Gasteiger partial charge on any atom is -0.379 e. The van der Waals surface area contributed by atoms with E-state index in [0.717, 1.165) is 38.5 Å². The summed E-state index contributed by atoms with van der Waals surface area (Å²) in [5.41, 5.74) is -0.803. The SMILES string of the molecule is CCCCCCC(O)NC1(O)CCCCC1. The Morgan fingerprint density at radius 2 is 1.81 bits per heavy atom. The zero-order chi connectivity index (χ0) is 11.9. The quantitative estimate of drug-likeness (QED) is 0.464. The molecule has 0 saturated heterocycles. The maximum atomic E-state index is 10.2. The highest BCUT2D eigenvalue weighted by Gasteiger charge is 2.30. The van der Waals surface area contributed by atoms with E-state index in [9.17, 15) is 10.2 Å². The van der Waals surface area contributed by atoms with Crippen LogP contribution in [-0.2, 0) is 0 Å². The maximum absolute atomic E-state index is 10.2. The van der Waals surface area contributed by atoms with Gasteiger partial charge in [0, 0.05) is 0 Å².